The summed E-state index contributed by atoms with van der Waals surface area (Å²) < 4.78 is 13.7. The molecule has 0 spiro atoms. The highest BCUT2D eigenvalue weighted by molar-refractivity contribution is 6.55. The minimum absolute atomic E-state index is 0.197. The van der Waals surface area contributed by atoms with E-state index in [0.29, 0.717) is 12.6 Å². The number of likely N-dealkylation sites (tertiary alicyclic amines) is 1. The lowest BCUT2D eigenvalue weighted by molar-refractivity contribution is 0.0801. The Labute approximate surface area is 225 Å². The average molecular weight is 526 g/mol. The van der Waals surface area contributed by atoms with Gasteiger partial charge in [-0.3, -0.25) is 9.88 Å². The molecule has 3 aromatic heterocycles. The zero-order valence-electron chi connectivity index (χ0n) is 22.0. The molecular formula is C29H33N6O2Si. The quantitative estimate of drug-likeness (QED) is 0.192. The summed E-state index contributed by atoms with van der Waals surface area (Å²) >= 11 is 0. The Balaban J connectivity index is 1.20. The number of pyridine rings is 2. The van der Waals surface area contributed by atoms with Gasteiger partial charge in [0.25, 0.3) is 0 Å². The molecule has 8 nitrogen and oxygen atoms in total. The van der Waals surface area contributed by atoms with Gasteiger partial charge in [-0.15, -0.1) is 0 Å². The van der Waals surface area contributed by atoms with Crippen LogP contribution < -0.4 is 4.74 Å². The van der Waals surface area contributed by atoms with E-state index in [0.717, 1.165) is 78.7 Å². The molecule has 4 aromatic rings. The van der Waals surface area contributed by atoms with Crippen molar-refractivity contribution in [1.29, 1.82) is 5.26 Å². The van der Waals surface area contributed by atoms with Gasteiger partial charge in [0.15, 0.2) is 0 Å². The van der Waals surface area contributed by atoms with Gasteiger partial charge in [-0.2, -0.15) is 10.4 Å². The van der Waals surface area contributed by atoms with Crippen LogP contribution in [0.5, 0.6) is 11.6 Å². The molecule has 195 valence electrons. The van der Waals surface area contributed by atoms with Crippen LogP contribution in [0.1, 0.15) is 18.5 Å². The Kier molecular flexibility index (Phi) is 8.43. The van der Waals surface area contributed by atoms with E-state index in [1.54, 1.807) is 12.4 Å². The number of hydrogen-bond donors (Lipinski definition) is 0. The highest BCUT2D eigenvalue weighted by Gasteiger charge is 2.19. The highest BCUT2D eigenvalue weighted by Crippen LogP contribution is 2.27. The fourth-order valence-electron chi connectivity index (χ4n) is 4.57. The van der Waals surface area contributed by atoms with Crippen molar-refractivity contribution in [2.75, 3.05) is 19.7 Å². The molecule has 1 aliphatic rings. The fraction of sp³-hybridized carbons (Fsp3) is 0.379. The normalized spacial score (nSPS) is 14.7. The average Bonchev–Trinajstić information content (AvgIpc) is 3.40. The van der Waals surface area contributed by atoms with Gasteiger partial charge < -0.3 is 9.47 Å². The van der Waals surface area contributed by atoms with Gasteiger partial charge >= 0.3 is 0 Å². The van der Waals surface area contributed by atoms with Crippen LogP contribution in [0.3, 0.4) is 0 Å². The molecule has 0 aliphatic carbocycles. The summed E-state index contributed by atoms with van der Waals surface area (Å²) in [4.78, 5) is 11.7. The fourth-order valence-corrected chi connectivity index (χ4v) is 5.12. The Morgan fingerprint density at radius 2 is 1.95 bits per heavy atom. The predicted octanol–water partition coefficient (Wildman–Crippen LogP) is 5.75. The summed E-state index contributed by atoms with van der Waals surface area (Å²) in [7, 11) is -0.281. The third kappa shape index (κ3) is 6.64. The smallest absolute Gasteiger partial charge is 0.219 e. The molecule has 38 heavy (non-hydrogen) atoms. The SMILES string of the molecule is C[Si](C)CCOCn1nccc1-c1ccc(Oc2ccc3nc(CN4CCC(C#N)CC4)ccc3c2)nc1. The number of fused-ring (bicyclic) bond motifs is 1. The summed E-state index contributed by atoms with van der Waals surface area (Å²) in [5.74, 6) is 1.45. The van der Waals surface area contributed by atoms with Gasteiger partial charge in [0.2, 0.25) is 5.88 Å². The van der Waals surface area contributed by atoms with Crippen LogP contribution in [-0.4, -0.2) is 53.1 Å². The van der Waals surface area contributed by atoms with E-state index in [1.807, 2.05) is 41.1 Å². The van der Waals surface area contributed by atoms with Crippen molar-refractivity contribution in [3.8, 4) is 29.0 Å². The second-order valence-corrected chi connectivity index (χ2v) is 12.9. The predicted molar refractivity (Wildman–Crippen MR) is 149 cm³/mol. The van der Waals surface area contributed by atoms with Gasteiger partial charge in [-0.25, -0.2) is 9.67 Å². The summed E-state index contributed by atoms with van der Waals surface area (Å²) in [5.41, 5.74) is 3.91. The molecule has 1 aliphatic heterocycles. The molecule has 0 N–H and O–H groups in total. The van der Waals surface area contributed by atoms with E-state index in [9.17, 15) is 0 Å². The van der Waals surface area contributed by atoms with Gasteiger partial charge in [0, 0.05) is 57.3 Å². The molecule has 0 amide bonds. The molecule has 4 heterocycles. The van der Waals surface area contributed by atoms with Crippen LogP contribution in [-0.2, 0) is 18.0 Å². The van der Waals surface area contributed by atoms with Crippen LogP contribution in [0, 0.1) is 17.2 Å². The summed E-state index contributed by atoms with van der Waals surface area (Å²) in [6, 6.07) is 19.4. The number of ether oxygens (including phenoxy) is 2. The molecule has 5 rings (SSSR count). The molecule has 1 aromatic carbocycles. The minimum atomic E-state index is -0.281. The van der Waals surface area contributed by atoms with Gasteiger partial charge in [0.1, 0.15) is 12.5 Å². The zero-order chi connectivity index (χ0) is 26.3. The maximum absolute atomic E-state index is 9.11. The summed E-state index contributed by atoms with van der Waals surface area (Å²) in [6.07, 6.45) is 5.47. The number of rotatable bonds is 10. The second kappa shape index (κ2) is 12.3. The molecule has 0 atom stereocenters. The first kappa shape index (κ1) is 26.0. The first-order valence-corrected chi connectivity index (χ1v) is 15.8. The number of benzene rings is 1. The second-order valence-electron chi connectivity index (χ2n) is 10.0. The lowest BCUT2D eigenvalue weighted by Crippen LogP contribution is -2.33. The highest BCUT2D eigenvalue weighted by atomic mass is 28.3. The van der Waals surface area contributed by atoms with Crippen molar-refractivity contribution in [1.82, 2.24) is 24.6 Å². The van der Waals surface area contributed by atoms with Gasteiger partial charge in [0.05, 0.1) is 23.0 Å². The standard InChI is InChI=1S/C29H33N6O2Si/c1-38(2)16-15-36-21-35-28(9-12-32-35)24-4-8-29(31-19-24)37-26-6-7-27-23(17-26)3-5-25(33-27)20-34-13-10-22(18-30)11-14-34/h3-9,12,17,19,22H,10-11,13-16,20-21H2,1-2H3. The van der Waals surface area contributed by atoms with Crippen LogP contribution in [0.15, 0.2) is 60.9 Å². The van der Waals surface area contributed by atoms with Crippen molar-refractivity contribution in [3.05, 3.63) is 66.6 Å². The Hall–Kier alpha value is -3.58. The van der Waals surface area contributed by atoms with Crippen LogP contribution in [0.2, 0.25) is 19.1 Å². The van der Waals surface area contributed by atoms with E-state index in [2.05, 4.69) is 46.3 Å². The zero-order valence-corrected chi connectivity index (χ0v) is 23.0. The minimum Gasteiger partial charge on any atom is -0.439 e. The number of hydrogen-bond acceptors (Lipinski definition) is 7. The number of nitrogens with zero attached hydrogens (tertiary/aromatic N) is 6. The number of aromatic nitrogens is 4. The summed E-state index contributed by atoms with van der Waals surface area (Å²) in [6.45, 7) is 8.49. The molecule has 9 heteroatoms. The number of piperidine rings is 1. The van der Waals surface area contributed by atoms with Gasteiger partial charge in [-0.1, -0.05) is 19.2 Å². The molecular weight excluding hydrogens is 492 g/mol. The Morgan fingerprint density at radius 3 is 2.71 bits per heavy atom. The largest absolute Gasteiger partial charge is 0.439 e. The van der Waals surface area contributed by atoms with Crippen LogP contribution in [0.25, 0.3) is 22.2 Å². The Bertz CT molecular complexity index is 1390. The molecule has 1 saturated heterocycles. The van der Waals surface area contributed by atoms with Crippen molar-refractivity contribution >= 4 is 19.7 Å². The van der Waals surface area contributed by atoms with Crippen molar-refractivity contribution in [2.45, 2.75) is 45.3 Å². The molecule has 0 bridgehead atoms. The molecule has 1 radical (unpaired) electrons. The van der Waals surface area contributed by atoms with Crippen molar-refractivity contribution in [3.63, 3.8) is 0 Å². The van der Waals surface area contributed by atoms with Gasteiger partial charge in [-0.05, 0) is 68.4 Å². The lowest BCUT2D eigenvalue weighted by Gasteiger charge is -2.28. The first-order chi connectivity index (χ1) is 18.6. The van der Waals surface area contributed by atoms with Crippen molar-refractivity contribution < 1.29 is 9.47 Å². The third-order valence-corrected chi connectivity index (χ3v) is 8.01. The van der Waals surface area contributed by atoms with E-state index in [-0.39, 0.29) is 14.7 Å². The van der Waals surface area contributed by atoms with Crippen LogP contribution >= 0.6 is 0 Å². The molecule has 0 unspecified atom stereocenters. The third-order valence-electron chi connectivity index (χ3n) is 6.81. The van der Waals surface area contributed by atoms with E-state index in [4.69, 9.17) is 19.7 Å². The number of nitriles is 1. The van der Waals surface area contributed by atoms with E-state index < -0.39 is 0 Å². The van der Waals surface area contributed by atoms with E-state index >= 15 is 0 Å². The maximum Gasteiger partial charge on any atom is 0.219 e. The lowest BCUT2D eigenvalue weighted by atomic mass is 9.98. The molecule has 0 saturated carbocycles. The van der Waals surface area contributed by atoms with Crippen molar-refractivity contribution in [2.24, 2.45) is 5.92 Å². The summed E-state index contributed by atoms with van der Waals surface area (Å²) in [5, 5.41) is 14.5. The molecule has 1 fully saturated rings. The monoisotopic (exact) mass is 525 g/mol. The maximum atomic E-state index is 9.11. The topological polar surface area (TPSA) is 89.1 Å². The van der Waals surface area contributed by atoms with E-state index in [1.165, 1.54) is 0 Å². The first-order valence-electron chi connectivity index (χ1n) is 13.1. The Morgan fingerprint density at radius 1 is 1.08 bits per heavy atom. The van der Waals surface area contributed by atoms with Crippen LogP contribution in [0.4, 0.5) is 0 Å².